The summed E-state index contributed by atoms with van der Waals surface area (Å²) in [4.78, 5) is 0. The summed E-state index contributed by atoms with van der Waals surface area (Å²) < 4.78 is 52.4. The van der Waals surface area contributed by atoms with E-state index in [9.17, 15) is 16.8 Å². The summed E-state index contributed by atoms with van der Waals surface area (Å²) in [5.74, 6) is -0.0483. The molecule has 7 nitrogen and oxygen atoms in total. The van der Waals surface area contributed by atoms with E-state index in [0.29, 0.717) is 17.8 Å². The fraction of sp³-hybridized carbons (Fsp3) is 0.350. The monoisotopic (exact) mass is 435 g/mol. The van der Waals surface area contributed by atoms with Crippen LogP contribution in [-0.4, -0.2) is 38.5 Å². The molecule has 1 aliphatic heterocycles. The van der Waals surface area contributed by atoms with E-state index in [-0.39, 0.29) is 11.5 Å². The third kappa shape index (κ3) is 4.79. The average molecular weight is 436 g/mol. The zero-order valence-electron chi connectivity index (χ0n) is 16.7. The van der Waals surface area contributed by atoms with Gasteiger partial charge in [0, 0.05) is 12.1 Å². The molecule has 156 valence electrons. The molecular formula is C20H25N3O4S2. The van der Waals surface area contributed by atoms with Gasteiger partial charge in [-0.3, -0.25) is 4.72 Å². The second-order valence-corrected chi connectivity index (χ2v) is 11.1. The SMILES string of the molecule is CCS(=O)(=O)Nc1ccc(C2=NN(S(=O)(=O)CC)[C@@H](c3cccc(C)c3)C2)cc1. The van der Waals surface area contributed by atoms with Gasteiger partial charge >= 0.3 is 0 Å². The van der Waals surface area contributed by atoms with Crippen LogP contribution in [0.5, 0.6) is 0 Å². The quantitative estimate of drug-likeness (QED) is 0.722. The lowest BCUT2D eigenvalue weighted by atomic mass is 9.98. The molecular weight excluding hydrogens is 410 g/mol. The van der Waals surface area contributed by atoms with Crippen molar-refractivity contribution in [2.24, 2.45) is 5.10 Å². The first-order valence-electron chi connectivity index (χ1n) is 9.42. The summed E-state index contributed by atoms with van der Waals surface area (Å²) in [6.07, 6.45) is 0.447. The van der Waals surface area contributed by atoms with Crippen LogP contribution in [0.3, 0.4) is 0 Å². The molecule has 0 fully saturated rings. The summed E-state index contributed by atoms with van der Waals surface area (Å²) in [5.41, 5.74) is 3.82. The van der Waals surface area contributed by atoms with Crippen molar-refractivity contribution in [3.8, 4) is 0 Å². The summed E-state index contributed by atoms with van der Waals surface area (Å²) in [7, 11) is -6.88. The Labute approximate surface area is 172 Å². The fourth-order valence-electron chi connectivity index (χ4n) is 3.16. The van der Waals surface area contributed by atoms with Crippen LogP contribution < -0.4 is 4.72 Å². The van der Waals surface area contributed by atoms with E-state index in [0.717, 1.165) is 16.7 Å². The molecule has 0 amide bonds. The first kappa shape index (κ1) is 21.3. The van der Waals surface area contributed by atoms with Gasteiger partial charge in [-0.1, -0.05) is 42.0 Å². The Balaban J connectivity index is 1.92. The zero-order valence-corrected chi connectivity index (χ0v) is 18.3. The van der Waals surface area contributed by atoms with Crippen LogP contribution >= 0.6 is 0 Å². The molecule has 0 saturated carbocycles. The van der Waals surface area contributed by atoms with E-state index in [4.69, 9.17) is 0 Å². The molecule has 29 heavy (non-hydrogen) atoms. The molecule has 0 bridgehead atoms. The van der Waals surface area contributed by atoms with Crippen molar-refractivity contribution in [2.75, 3.05) is 16.2 Å². The molecule has 2 aromatic carbocycles. The molecule has 0 aromatic heterocycles. The largest absolute Gasteiger partial charge is 0.284 e. The number of benzene rings is 2. The number of hydrogen-bond donors (Lipinski definition) is 1. The number of anilines is 1. The highest BCUT2D eigenvalue weighted by atomic mass is 32.2. The van der Waals surface area contributed by atoms with Crippen molar-refractivity contribution in [2.45, 2.75) is 33.2 Å². The van der Waals surface area contributed by atoms with Crippen LogP contribution in [0, 0.1) is 6.92 Å². The Hall–Kier alpha value is -2.39. The lowest BCUT2D eigenvalue weighted by molar-refractivity contribution is 0.372. The maximum atomic E-state index is 12.6. The van der Waals surface area contributed by atoms with Crippen LogP contribution in [0.25, 0.3) is 0 Å². The molecule has 0 aliphatic carbocycles. The van der Waals surface area contributed by atoms with Gasteiger partial charge in [-0.05, 0) is 44.0 Å². The third-order valence-corrected chi connectivity index (χ3v) is 7.76. The average Bonchev–Trinajstić information content (AvgIpc) is 3.15. The first-order valence-corrected chi connectivity index (χ1v) is 12.7. The summed E-state index contributed by atoms with van der Waals surface area (Å²) in [5, 5.41) is 4.43. The lowest BCUT2D eigenvalue weighted by Gasteiger charge is -2.23. The molecule has 0 spiro atoms. The zero-order chi connectivity index (χ0) is 21.2. The normalized spacial score (nSPS) is 17.3. The van der Waals surface area contributed by atoms with Gasteiger partial charge in [0.25, 0.3) is 0 Å². The minimum absolute atomic E-state index is 0.0104. The van der Waals surface area contributed by atoms with E-state index < -0.39 is 26.1 Å². The van der Waals surface area contributed by atoms with E-state index in [1.807, 2.05) is 31.2 Å². The van der Waals surface area contributed by atoms with Gasteiger partial charge in [0.15, 0.2) is 0 Å². The van der Waals surface area contributed by atoms with Crippen molar-refractivity contribution < 1.29 is 16.8 Å². The Morgan fingerprint density at radius 2 is 1.72 bits per heavy atom. The second kappa shape index (κ2) is 8.16. The number of nitrogens with one attached hydrogen (secondary N) is 1. The molecule has 0 unspecified atom stereocenters. The van der Waals surface area contributed by atoms with Gasteiger partial charge in [-0.15, -0.1) is 0 Å². The number of rotatable bonds is 7. The van der Waals surface area contributed by atoms with Crippen LogP contribution in [-0.2, 0) is 20.0 Å². The van der Waals surface area contributed by atoms with E-state index >= 15 is 0 Å². The predicted molar refractivity (Wildman–Crippen MR) is 116 cm³/mol. The van der Waals surface area contributed by atoms with Gasteiger partial charge in [-0.25, -0.2) is 16.8 Å². The lowest BCUT2D eigenvalue weighted by Crippen LogP contribution is -2.28. The molecule has 0 radical (unpaired) electrons. The topological polar surface area (TPSA) is 95.9 Å². The number of hydrogen-bond acceptors (Lipinski definition) is 5. The number of nitrogens with zero attached hydrogens (tertiary/aromatic N) is 2. The number of aryl methyl sites for hydroxylation is 1. The molecule has 1 N–H and O–H groups in total. The molecule has 3 rings (SSSR count). The van der Waals surface area contributed by atoms with Crippen molar-refractivity contribution in [3.63, 3.8) is 0 Å². The first-order chi connectivity index (χ1) is 13.6. The van der Waals surface area contributed by atoms with Crippen molar-refractivity contribution in [1.82, 2.24) is 4.41 Å². The van der Waals surface area contributed by atoms with Crippen LogP contribution in [0.4, 0.5) is 5.69 Å². The minimum atomic E-state index is -3.53. The maximum Gasteiger partial charge on any atom is 0.250 e. The maximum absolute atomic E-state index is 12.6. The Kier molecular flexibility index (Phi) is 6.00. The second-order valence-electron chi connectivity index (χ2n) is 6.94. The predicted octanol–water partition coefficient (Wildman–Crippen LogP) is 3.26. The van der Waals surface area contributed by atoms with Gasteiger partial charge in [-0.2, -0.15) is 9.52 Å². The Morgan fingerprint density at radius 1 is 1.03 bits per heavy atom. The van der Waals surface area contributed by atoms with Crippen molar-refractivity contribution in [3.05, 3.63) is 65.2 Å². The summed E-state index contributed by atoms with van der Waals surface area (Å²) in [6, 6.07) is 14.2. The highest BCUT2D eigenvalue weighted by Gasteiger charge is 2.35. The number of hydrazone groups is 1. The summed E-state index contributed by atoms with van der Waals surface area (Å²) in [6.45, 7) is 5.14. The number of sulfonamides is 2. The smallest absolute Gasteiger partial charge is 0.250 e. The Morgan fingerprint density at radius 3 is 2.31 bits per heavy atom. The fourth-order valence-corrected chi connectivity index (χ4v) is 4.87. The molecule has 1 heterocycles. The molecule has 2 aromatic rings. The van der Waals surface area contributed by atoms with E-state index in [1.165, 1.54) is 4.41 Å². The summed E-state index contributed by atoms with van der Waals surface area (Å²) >= 11 is 0. The highest BCUT2D eigenvalue weighted by molar-refractivity contribution is 7.92. The van der Waals surface area contributed by atoms with Crippen LogP contribution in [0.2, 0.25) is 0 Å². The van der Waals surface area contributed by atoms with Gasteiger partial charge in [0.05, 0.1) is 23.3 Å². The van der Waals surface area contributed by atoms with Crippen LogP contribution in [0.1, 0.15) is 43.0 Å². The Bertz CT molecular complexity index is 1120. The van der Waals surface area contributed by atoms with Gasteiger partial charge in [0.2, 0.25) is 20.0 Å². The van der Waals surface area contributed by atoms with Crippen molar-refractivity contribution in [1.29, 1.82) is 0 Å². The molecule has 1 aliphatic rings. The van der Waals surface area contributed by atoms with E-state index in [1.54, 1.807) is 38.1 Å². The molecule has 0 saturated heterocycles. The van der Waals surface area contributed by atoms with Crippen LogP contribution in [0.15, 0.2) is 53.6 Å². The third-order valence-electron chi connectivity index (χ3n) is 4.82. The minimum Gasteiger partial charge on any atom is -0.284 e. The van der Waals surface area contributed by atoms with Crippen molar-refractivity contribution >= 4 is 31.4 Å². The highest BCUT2D eigenvalue weighted by Crippen LogP contribution is 2.35. The molecule has 1 atom stereocenters. The van der Waals surface area contributed by atoms with Gasteiger partial charge in [0.1, 0.15) is 0 Å². The van der Waals surface area contributed by atoms with Gasteiger partial charge < -0.3 is 0 Å². The van der Waals surface area contributed by atoms with E-state index in [2.05, 4.69) is 9.82 Å². The molecule has 9 heteroatoms. The standard InChI is InChI=1S/C20H25N3O4S2/c1-4-28(24,25)22-18-11-9-16(10-12-18)19-14-20(17-8-6-7-15(3)13-17)23(21-19)29(26,27)5-2/h6-13,20,22H,4-5,14H2,1-3H3/t20-/m1/s1.